The zero-order valence-corrected chi connectivity index (χ0v) is 11.5. The number of aryl methyl sites for hydroxylation is 1. The average molecular weight is 278 g/mol. The van der Waals surface area contributed by atoms with Crippen molar-refractivity contribution in [2.45, 2.75) is 25.7 Å². The molecule has 0 bridgehead atoms. The SMILES string of the molecule is NC(N)=NCCCCNC(=O)CCc1ccc(O)cc1. The van der Waals surface area contributed by atoms with Crippen molar-refractivity contribution in [1.29, 1.82) is 0 Å². The van der Waals surface area contributed by atoms with Gasteiger partial charge in [0.25, 0.3) is 0 Å². The van der Waals surface area contributed by atoms with Crippen molar-refractivity contribution in [1.82, 2.24) is 5.32 Å². The van der Waals surface area contributed by atoms with Crippen molar-refractivity contribution in [3.05, 3.63) is 29.8 Å². The van der Waals surface area contributed by atoms with Gasteiger partial charge in [-0.25, -0.2) is 0 Å². The van der Waals surface area contributed by atoms with E-state index in [1.807, 2.05) is 12.1 Å². The highest BCUT2D eigenvalue weighted by Crippen LogP contribution is 2.10. The van der Waals surface area contributed by atoms with E-state index in [1.165, 1.54) is 0 Å². The van der Waals surface area contributed by atoms with Crippen molar-refractivity contribution in [2.24, 2.45) is 16.5 Å². The van der Waals surface area contributed by atoms with Gasteiger partial charge < -0.3 is 21.9 Å². The molecule has 0 heterocycles. The zero-order valence-electron chi connectivity index (χ0n) is 11.5. The summed E-state index contributed by atoms with van der Waals surface area (Å²) in [7, 11) is 0. The molecule has 0 aliphatic rings. The molecule has 0 aliphatic carbocycles. The van der Waals surface area contributed by atoms with Crippen LogP contribution in [-0.4, -0.2) is 30.1 Å². The largest absolute Gasteiger partial charge is 0.508 e. The summed E-state index contributed by atoms with van der Waals surface area (Å²) >= 11 is 0. The summed E-state index contributed by atoms with van der Waals surface area (Å²) in [5.74, 6) is 0.363. The van der Waals surface area contributed by atoms with Gasteiger partial charge in [-0.15, -0.1) is 0 Å². The molecule has 0 spiro atoms. The first-order chi connectivity index (χ1) is 9.58. The van der Waals surface area contributed by atoms with Gasteiger partial charge in [-0.05, 0) is 37.0 Å². The highest BCUT2D eigenvalue weighted by Gasteiger charge is 2.01. The number of carbonyl (C=O) groups excluding carboxylic acids is 1. The van der Waals surface area contributed by atoms with Crippen molar-refractivity contribution >= 4 is 11.9 Å². The third kappa shape index (κ3) is 7.25. The van der Waals surface area contributed by atoms with E-state index in [1.54, 1.807) is 12.1 Å². The van der Waals surface area contributed by atoms with E-state index in [2.05, 4.69) is 10.3 Å². The van der Waals surface area contributed by atoms with Gasteiger partial charge in [0.05, 0.1) is 0 Å². The molecule has 1 aromatic carbocycles. The summed E-state index contributed by atoms with van der Waals surface area (Å²) in [4.78, 5) is 15.5. The van der Waals surface area contributed by atoms with Crippen LogP contribution in [0.2, 0.25) is 0 Å². The Bertz CT molecular complexity index is 439. The molecule has 0 saturated carbocycles. The van der Waals surface area contributed by atoms with Crippen LogP contribution in [0.1, 0.15) is 24.8 Å². The molecule has 6 nitrogen and oxygen atoms in total. The number of phenols is 1. The Labute approximate surface area is 118 Å². The third-order valence-corrected chi connectivity index (χ3v) is 2.78. The van der Waals surface area contributed by atoms with Crippen molar-refractivity contribution in [3.8, 4) is 5.75 Å². The molecule has 6 heteroatoms. The van der Waals surface area contributed by atoms with Gasteiger partial charge in [0.1, 0.15) is 5.75 Å². The van der Waals surface area contributed by atoms with Crippen LogP contribution in [-0.2, 0) is 11.2 Å². The van der Waals surface area contributed by atoms with Gasteiger partial charge in [-0.1, -0.05) is 12.1 Å². The fourth-order valence-electron chi connectivity index (χ4n) is 1.68. The number of carbonyl (C=O) groups is 1. The number of hydrogen-bond donors (Lipinski definition) is 4. The number of unbranched alkanes of at least 4 members (excludes halogenated alkanes) is 1. The number of nitrogens with one attached hydrogen (secondary N) is 1. The quantitative estimate of drug-likeness (QED) is 0.315. The van der Waals surface area contributed by atoms with E-state index in [0.717, 1.165) is 18.4 Å². The van der Waals surface area contributed by atoms with Crippen molar-refractivity contribution in [2.75, 3.05) is 13.1 Å². The predicted octanol–water partition coefficient (Wildman–Crippen LogP) is 0.495. The number of nitrogens with two attached hydrogens (primary N) is 2. The number of amides is 1. The fourth-order valence-corrected chi connectivity index (χ4v) is 1.68. The van der Waals surface area contributed by atoms with Crippen LogP contribution in [0.4, 0.5) is 0 Å². The van der Waals surface area contributed by atoms with E-state index in [0.29, 0.717) is 25.9 Å². The normalized spacial score (nSPS) is 10.0. The van der Waals surface area contributed by atoms with Gasteiger partial charge >= 0.3 is 0 Å². The van der Waals surface area contributed by atoms with E-state index in [-0.39, 0.29) is 17.6 Å². The van der Waals surface area contributed by atoms with Gasteiger partial charge in [-0.2, -0.15) is 0 Å². The van der Waals surface area contributed by atoms with Gasteiger partial charge in [0.15, 0.2) is 5.96 Å². The molecule has 0 radical (unpaired) electrons. The smallest absolute Gasteiger partial charge is 0.220 e. The highest BCUT2D eigenvalue weighted by molar-refractivity contribution is 5.76. The standard InChI is InChI=1S/C14H22N4O2/c15-14(16)18-10-2-1-9-17-13(20)8-5-11-3-6-12(19)7-4-11/h3-4,6-7,19H,1-2,5,8-10H2,(H,17,20)(H4,15,16,18). The van der Waals surface area contributed by atoms with E-state index >= 15 is 0 Å². The van der Waals surface area contributed by atoms with E-state index in [4.69, 9.17) is 16.6 Å². The summed E-state index contributed by atoms with van der Waals surface area (Å²) in [5, 5.41) is 12.0. The number of rotatable bonds is 8. The Morgan fingerprint density at radius 1 is 1.20 bits per heavy atom. The molecule has 0 saturated heterocycles. The van der Waals surface area contributed by atoms with Crippen molar-refractivity contribution in [3.63, 3.8) is 0 Å². The molecule has 1 aromatic rings. The monoisotopic (exact) mass is 278 g/mol. The van der Waals surface area contributed by atoms with Crippen LogP contribution < -0.4 is 16.8 Å². The number of hydrogen-bond acceptors (Lipinski definition) is 3. The summed E-state index contributed by atoms with van der Waals surface area (Å²) in [6.07, 6.45) is 2.80. The number of aliphatic imine (C=N–C) groups is 1. The summed E-state index contributed by atoms with van der Waals surface area (Å²) in [6, 6.07) is 6.88. The molecule has 20 heavy (non-hydrogen) atoms. The van der Waals surface area contributed by atoms with Gasteiger partial charge in [-0.3, -0.25) is 9.79 Å². The lowest BCUT2D eigenvalue weighted by Gasteiger charge is -2.05. The summed E-state index contributed by atoms with van der Waals surface area (Å²) in [6.45, 7) is 1.22. The number of aromatic hydroxyl groups is 1. The Morgan fingerprint density at radius 3 is 2.55 bits per heavy atom. The first-order valence-electron chi connectivity index (χ1n) is 6.68. The number of benzene rings is 1. The van der Waals surface area contributed by atoms with E-state index in [9.17, 15) is 4.79 Å². The minimum atomic E-state index is 0.0277. The van der Waals surface area contributed by atoms with Crippen LogP contribution in [0, 0.1) is 0 Å². The molecule has 110 valence electrons. The second-order valence-electron chi connectivity index (χ2n) is 4.53. The number of phenolic OH excluding ortho intramolecular Hbond substituents is 1. The molecule has 0 atom stereocenters. The Balaban J connectivity index is 2.08. The number of nitrogens with zero attached hydrogens (tertiary/aromatic N) is 1. The van der Waals surface area contributed by atoms with Crippen LogP contribution in [0.3, 0.4) is 0 Å². The summed E-state index contributed by atoms with van der Waals surface area (Å²) in [5.41, 5.74) is 11.4. The van der Waals surface area contributed by atoms with Crippen molar-refractivity contribution < 1.29 is 9.90 Å². The molecular formula is C14H22N4O2. The van der Waals surface area contributed by atoms with Crippen LogP contribution in [0.15, 0.2) is 29.3 Å². The lowest BCUT2D eigenvalue weighted by molar-refractivity contribution is -0.121. The maximum atomic E-state index is 11.6. The maximum Gasteiger partial charge on any atom is 0.220 e. The predicted molar refractivity (Wildman–Crippen MR) is 79.3 cm³/mol. The molecule has 1 rings (SSSR count). The Hall–Kier alpha value is -2.24. The number of guanidine groups is 1. The molecule has 0 fully saturated rings. The first-order valence-corrected chi connectivity index (χ1v) is 6.68. The van der Waals surface area contributed by atoms with E-state index < -0.39 is 0 Å². The van der Waals surface area contributed by atoms with Crippen LogP contribution in [0.25, 0.3) is 0 Å². The lowest BCUT2D eigenvalue weighted by atomic mass is 10.1. The molecule has 6 N–H and O–H groups in total. The fraction of sp³-hybridized carbons (Fsp3) is 0.429. The molecule has 0 aromatic heterocycles. The lowest BCUT2D eigenvalue weighted by Crippen LogP contribution is -2.25. The third-order valence-electron chi connectivity index (χ3n) is 2.78. The zero-order chi connectivity index (χ0) is 14.8. The molecular weight excluding hydrogens is 256 g/mol. The van der Waals surface area contributed by atoms with Crippen LogP contribution in [0.5, 0.6) is 5.75 Å². The first kappa shape index (κ1) is 15.8. The van der Waals surface area contributed by atoms with Gasteiger partial charge in [0, 0.05) is 19.5 Å². The van der Waals surface area contributed by atoms with Gasteiger partial charge in [0.2, 0.25) is 5.91 Å². The minimum absolute atomic E-state index is 0.0277. The Kier molecular flexibility index (Phi) is 6.95. The summed E-state index contributed by atoms with van der Waals surface area (Å²) < 4.78 is 0. The minimum Gasteiger partial charge on any atom is -0.508 e. The molecule has 0 aliphatic heterocycles. The average Bonchev–Trinajstić information content (AvgIpc) is 2.41. The topological polar surface area (TPSA) is 114 Å². The second kappa shape index (κ2) is 8.79. The highest BCUT2D eigenvalue weighted by atomic mass is 16.3. The second-order valence-corrected chi connectivity index (χ2v) is 4.53. The molecule has 1 amide bonds. The maximum absolute atomic E-state index is 11.6. The Morgan fingerprint density at radius 2 is 1.90 bits per heavy atom. The van der Waals surface area contributed by atoms with Crippen LogP contribution >= 0.6 is 0 Å². The molecule has 0 unspecified atom stereocenters.